The van der Waals surface area contributed by atoms with Crippen LogP contribution in [0.15, 0.2) is 35.8 Å². The maximum Gasteiger partial charge on any atom is 0.123 e. The Morgan fingerprint density at radius 1 is 1.16 bits per heavy atom. The van der Waals surface area contributed by atoms with E-state index in [9.17, 15) is 4.39 Å². The Labute approximate surface area is 153 Å². The van der Waals surface area contributed by atoms with Gasteiger partial charge in [-0.2, -0.15) is 0 Å². The zero-order valence-corrected chi connectivity index (χ0v) is 15.7. The lowest BCUT2D eigenvalue weighted by atomic mass is 9.93. The first-order chi connectivity index (χ1) is 12.2. The molecule has 0 aliphatic carbocycles. The molecule has 1 heterocycles. The molecule has 1 aromatic heterocycles. The third-order valence-corrected chi connectivity index (χ3v) is 5.15. The number of hydrogen-bond acceptors (Lipinski definition) is 4. The highest BCUT2D eigenvalue weighted by atomic mass is 32.1. The van der Waals surface area contributed by atoms with Gasteiger partial charge < -0.3 is 9.84 Å². The Morgan fingerprint density at radius 3 is 2.60 bits per heavy atom. The fraction of sp³-hybridized carbons (Fsp3) is 0.550. The predicted molar refractivity (Wildman–Crippen MR) is 101 cm³/mol. The van der Waals surface area contributed by atoms with Crippen LogP contribution in [0.5, 0.6) is 5.75 Å². The van der Waals surface area contributed by atoms with E-state index in [-0.39, 0.29) is 5.92 Å². The van der Waals surface area contributed by atoms with Crippen molar-refractivity contribution in [2.24, 2.45) is 0 Å². The normalized spacial score (nSPS) is 13.6. The molecule has 2 atom stereocenters. The van der Waals surface area contributed by atoms with Gasteiger partial charge in [-0.15, -0.1) is 11.3 Å². The highest BCUT2D eigenvalue weighted by Crippen LogP contribution is 2.32. The van der Waals surface area contributed by atoms with E-state index in [1.165, 1.54) is 19.3 Å². The number of aliphatic hydroxyl groups is 1. The van der Waals surface area contributed by atoms with Gasteiger partial charge in [0.15, 0.2) is 0 Å². The van der Waals surface area contributed by atoms with E-state index in [4.69, 9.17) is 9.84 Å². The number of hydrogen-bond donors (Lipinski definition) is 1. The number of alkyl halides is 1. The maximum absolute atomic E-state index is 13.5. The van der Waals surface area contributed by atoms with Crippen molar-refractivity contribution < 1.29 is 14.2 Å². The SMILES string of the molecule is CCCCCCOc1ccc(C(CCC(F)CO)c2nccs2)cc1. The van der Waals surface area contributed by atoms with Crippen LogP contribution >= 0.6 is 11.3 Å². The van der Waals surface area contributed by atoms with Crippen molar-refractivity contribution in [1.82, 2.24) is 4.98 Å². The fourth-order valence-electron chi connectivity index (χ4n) is 2.79. The molecular formula is C20H28FNO2S. The molecule has 0 aliphatic rings. The quantitative estimate of drug-likeness (QED) is 0.516. The topological polar surface area (TPSA) is 42.4 Å². The number of thiazole rings is 1. The summed E-state index contributed by atoms with van der Waals surface area (Å²) in [5.41, 5.74) is 1.11. The van der Waals surface area contributed by atoms with Crippen molar-refractivity contribution >= 4 is 11.3 Å². The average Bonchev–Trinajstić information content (AvgIpc) is 3.17. The first-order valence-electron chi connectivity index (χ1n) is 9.11. The predicted octanol–water partition coefficient (Wildman–Crippen LogP) is 5.34. The van der Waals surface area contributed by atoms with Crippen LogP contribution in [0.2, 0.25) is 0 Å². The molecule has 0 aliphatic heterocycles. The van der Waals surface area contributed by atoms with Crippen LogP contribution in [-0.2, 0) is 0 Å². The van der Waals surface area contributed by atoms with E-state index in [2.05, 4.69) is 11.9 Å². The number of nitrogens with zero attached hydrogens (tertiary/aromatic N) is 1. The van der Waals surface area contributed by atoms with Crippen molar-refractivity contribution in [3.05, 3.63) is 46.4 Å². The Balaban J connectivity index is 1.95. The molecule has 3 nitrogen and oxygen atoms in total. The van der Waals surface area contributed by atoms with Crippen molar-refractivity contribution in [1.29, 1.82) is 0 Å². The molecule has 1 aromatic carbocycles. The van der Waals surface area contributed by atoms with Crippen LogP contribution in [0.4, 0.5) is 4.39 Å². The van der Waals surface area contributed by atoms with Crippen LogP contribution in [0.25, 0.3) is 0 Å². The molecule has 0 amide bonds. The van der Waals surface area contributed by atoms with E-state index in [1.54, 1.807) is 17.5 Å². The smallest absolute Gasteiger partial charge is 0.123 e. The van der Waals surface area contributed by atoms with E-state index in [1.807, 2.05) is 29.6 Å². The maximum atomic E-state index is 13.5. The lowest BCUT2D eigenvalue weighted by molar-refractivity contribution is 0.167. The van der Waals surface area contributed by atoms with Crippen molar-refractivity contribution in [2.75, 3.05) is 13.2 Å². The summed E-state index contributed by atoms with van der Waals surface area (Å²) in [6, 6.07) is 8.04. The molecule has 0 bridgehead atoms. The average molecular weight is 366 g/mol. The van der Waals surface area contributed by atoms with Crippen LogP contribution in [0, 0.1) is 0 Å². The first kappa shape index (κ1) is 19.9. The second-order valence-electron chi connectivity index (χ2n) is 6.26. The van der Waals surface area contributed by atoms with E-state index < -0.39 is 12.8 Å². The second-order valence-corrected chi connectivity index (χ2v) is 7.18. The highest BCUT2D eigenvalue weighted by Gasteiger charge is 2.19. The Kier molecular flexibility index (Phi) is 8.91. The van der Waals surface area contributed by atoms with Gasteiger partial charge in [0.2, 0.25) is 0 Å². The fourth-order valence-corrected chi connectivity index (χ4v) is 3.59. The minimum Gasteiger partial charge on any atom is -0.494 e. The highest BCUT2D eigenvalue weighted by molar-refractivity contribution is 7.09. The molecule has 1 N–H and O–H groups in total. The van der Waals surface area contributed by atoms with Crippen molar-refractivity contribution in [3.8, 4) is 5.75 Å². The number of aromatic nitrogens is 1. The van der Waals surface area contributed by atoms with Gasteiger partial charge in [-0.1, -0.05) is 38.3 Å². The van der Waals surface area contributed by atoms with Crippen LogP contribution in [-0.4, -0.2) is 29.5 Å². The van der Waals surface area contributed by atoms with Gasteiger partial charge in [0, 0.05) is 17.5 Å². The molecule has 0 fully saturated rings. The number of benzene rings is 1. The lowest BCUT2D eigenvalue weighted by Gasteiger charge is -2.16. The largest absolute Gasteiger partial charge is 0.494 e. The summed E-state index contributed by atoms with van der Waals surface area (Å²) < 4.78 is 19.2. The van der Waals surface area contributed by atoms with E-state index in [0.717, 1.165) is 29.3 Å². The molecule has 2 rings (SSSR count). The van der Waals surface area contributed by atoms with Gasteiger partial charge in [0.05, 0.1) is 18.2 Å². The zero-order chi connectivity index (χ0) is 17.9. The third-order valence-electron chi connectivity index (χ3n) is 4.27. The number of rotatable bonds is 12. The summed E-state index contributed by atoms with van der Waals surface area (Å²) >= 11 is 1.58. The Morgan fingerprint density at radius 2 is 1.96 bits per heavy atom. The molecule has 138 valence electrons. The summed E-state index contributed by atoms with van der Waals surface area (Å²) in [6.45, 7) is 2.52. The van der Waals surface area contributed by atoms with E-state index >= 15 is 0 Å². The molecule has 5 heteroatoms. The van der Waals surface area contributed by atoms with Gasteiger partial charge in [-0.05, 0) is 37.0 Å². The zero-order valence-electron chi connectivity index (χ0n) is 14.9. The molecule has 0 spiro atoms. The third kappa shape index (κ3) is 6.75. The molecule has 0 saturated carbocycles. The summed E-state index contributed by atoms with van der Waals surface area (Å²) in [7, 11) is 0. The second kappa shape index (κ2) is 11.2. The van der Waals surface area contributed by atoms with Gasteiger partial charge in [0.1, 0.15) is 11.9 Å². The van der Waals surface area contributed by atoms with E-state index in [0.29, 0.717) is 12.8 Å². The molecule has 25 heavy (non-hydrogen) atoms. The van der Waals surface area contributed by atoms with Gasteiger partial charge in [0.25, 0.3) is 0 Å². The number of unbranched alkanes of at least 4 members (excludes halogenated alkanes) is 3. The molecular weight excluding hydrogens is 337 g/mol. The minimum absolute atomic E-state index is 0.0587. The Hall–Kier alpha value is -1.46. The number of ether oxygens (including phenoxy) is 1. The van der Waals surface area contributed by atoms with Crippen LogP contribution in [0.1, 0.15) is 61.9 Å². The molecule has 2 unspecified atom stereocenters. The summed E-state index contributed by atoms with van der Waals surface area (Å²) in [5, 5.41) is 11.8. The number of aliphatic hydroxyl groups excluding tert-OH is 1. The van der Waals surface area contributed by atoms with Gasteiger partial charge >= 0.3 is 0 Å². The number of halogens is 1. The van der Waals surface area contributed by atoms with Crippen molar-refractivity contribution in [3.63, 3.8) is 0 Å². The monoisotopic (exact) mass is 365 g/mol. The van der Waals surface area contributed by atoms with Crippen LogP contribution in [0.3, 0.4) is 0 Å². The molecule has 2 aromatic rings. The summed E-state index contributed by atoms with van der Waals surface area (Å²) in [6.07, 6.45) is 6.33. The summed E-state index contributed by atoms with van der Waals surface area (Å²) in [4.78, 5) is 4.40. The minimum atomic E-state index is -1.17. The van der Waals surface area contributed by atoms with Gasteiger partial charge in [-0.3, -0.25) is 0 Å². The summed E-state index contributed by atoms with van der Waals surface area (Å²) in [5.74, 6) is 0.931. The first-order valence-corrected chi connectivity index (χ1v) is 9.99. The van der Waals surface area contributed by atoms with Gasteiger partial charge in [-0.25, -0.2) is 9.37 Å². The molecule has 0 radical (unpaired) electrons. The molecule has 0 saturated heterocycles. The van der Waals surface area contributed by atoms with Crippen LogP contribution < -0.4 is 4.74 Å². The Bertz CT molecular complexity index is 574. The lowest BCUT2D eigenvalue weighted by Crippen LogP contribution is -2.09. The standard InChI is InChI=1S/C20H28FNO2S/c1-2-3-4-5-13-24-18-9-6-16(7-10-18)19(11-8-17(21)15-23)20-22-12-14-25-20/h6-7,9-10,12,14,17,19,23H,2-5,8,11,13,15H2,1H3. The van der Waals surface area contributed by atoms with Crippen molar-refractivity contribution in [2.45, 2.75) is 57.5 Å².